The third kappa shape index (κ3) is 3.50. The molecule has 1 aliphatic rings. The van der Waals surface area contributed by atoms with Crippen molar-refractivity contribution < 1.29 is 5.11 Å². The fourth-order valence-electron chi connectivity index (χ4n) is 3.83. The molecule has 1 aromatic carbocycles. The van der Waals surface area contributed by atoms with Crippen molar-refractivity contribution in [2.75, 3.05) is 32.7 Å². The van der Waals surface area contributed by atoms with Crippen molar-refractivity contribution in [3.63, 3.8) is 0 Å². The van der Waals surface area contributed by atoms with Crippen LogP contribution in [0, 0.1) is 0 Å². The van der Waals surface area contributed by atoms with Gasteiger partial charge in [0, 0.05) is 49.5 Å². The first-order chi connectivity index (χ1) is 13.2. The normalized spacial score (nSPS) is 17.3. The molecule has 0 unspecified atom stereocenters. The number of phenols is 1. The molecule has 1 fully saturated rings. The minimum atomic E-state index is -0.158. The average Bonchev–Trinajstić information content (AvgIpc) is 2.73. The second-order valence-corrected chi connectivity index (χ2v) is 7.23. The van der Waals surface area contributed by atoms with E-state index in [4.69, 9.17) is 11.6 Å². The number of pyridine rings is 2. The van der Waals surface area contributed by atoms with Crippen LogP contribution >= 0.6 is 11.6 Å². The van der Waals surface area contributed by atoms with E-state index >= 15 is 0 Å². The Hall–Kier alpha value is -2.21. The van der Waals surface area contributed by atoms with Crippen LogP contribution in [-0.4, -0.2) is 57.6 Å². The van der Waals surface area contributed by atoms with Gasteiger partial charge in [0.1, 0.15) is 11.3 Å². The maximum absolute atomic E-state index is 11.0. The quantitative estimate of drug-likeness (QED) is 0.745. The standard InChI is InChI=1S/C21H23ClN4O/c1-2-25-10-12-26(13-11-25)20(18-7-3-4-8-23-18)16-14-17(22)15-6-5-9-24-19(15)21(16)27/h3-9,14,20,27H,2,10-13H2,1H3/t20-/m1/s1. The smallest absolute Gasteiger partial charge is 0.147 e. The van der Waals surface area contributed by atoms with Crippen molar-refractivity contribution in [1.29, 1.82) is 0 Å². The van der Waals surface area contributed by atoms with Crippen molar-refractivity contribution in [3.8, 4) is 5.75 Å². The van der Waals surface area contributed by atoms with Gasteiger partial charge in [-0.1, -0.05) is 24.6 Å². The van der Waals surface area contributed by atoms with Crippen molar-refractivity contribution >= 4 is 22.5 Å². The molecule has 0 bridgehead atoms. The maximum Gasteiger partial charge on any atom is 0.147 e. The van der Waals surface area contributed by atoms with Crippen molar-refractivity contribution in [1.82, 2.24) is 19.8 Å². The van der Waals surface area contributed by atoms with Crippen LogP contribution in [0.4, 0.5) is 0 Å². The van der Waals surface area contributed by atoms with Crippen molar-refractivity contribution in [2.24, 2.45) is 0 Å². The zero-order valence-electron chi connectivity index (χ0n) is 15.3. The Morgan fingerprint density at radius 1 is 1.07 bits per heavy atom. The van der Waals surface area contributed by atoms with Crippen LogP contribution in [0.1, 0.15) is 24.2 Å². The summed E-state index contributed by atoms with van der Waals surface area (Å²) in [7, 11) is 0. The molecule has 1 saturated heterocycles. The van der Waals surface area contributed by atoms with Gasteiger partial charge in [-0.25, -0.2) is 0 Å². The van der Waals surface area contributed by atoms with E-state index in [2.05, 4.69) is 26.7 Å². The largest absolute Gasteiger partial charge is 0.505 e. The Labute approximate surface area is 164 Å². The Morgan fingerprint density at radius 2 is 1.85 bits per heavy atom. The lowest BCUT2D eigenvalue weighted by atomic mass is 9.97. The number of aromatic hydroxyl groups is 1. The molecule has 0 amide bonds. The molecule has 6 heteroatoms. The van der Waals surface area contributed by atoms with Crippen LogP contribution in [-0.2, 0) is 0 Å². The number of hydrogen-bond acceptors (Lipinski definition) is 5. The van der Waals surface area contributed by atoms with Crippen LogP contribution in [0.5, 0.6) is 5.75 Å². The summed E-state index contributed by atoms with van der Waals surface area (Å²) in [6, 6.07) is 11.3. The minimum absolute atomic E-state index is 0.158. The van der Waals surface area contributed by atoms with Crippen LogP contribution < -0.4 is 0 Å². The van der Waals surface area contributed by atoms with Crippen LogP contribution in [0.25, 0.3) is 10.9 Å². The van der Waals surface area contributed by atoms with Gasteiger partial charge in [0.05, 0.1) is 16.8 Å². The molecule has 4 rings (SSSR count). The summed E-state index contributed by atoms with van der Waals surface area (Å²) in [5.41, 5.74) is 2.20. The van der Waals surface area contributed by atoms with Gasteiger partial charge in [-0.05, 0) is 36.9 Å². The minimum Gasteiger partial charge on any atom is -0.505 e. The summed E-state index contributed by atoms with van der Waals surface area (Å²) in [4.78, 5) is 13.8. The number of rotatable bonds is 4. The van der Waals surface area contributed by atoms with Crippen molar-refractivity contribution in [3.05, 3.63) is 65.1 Å². The highest BCUT2D eigenvalue weighted by Gasteiger charge is 2.30. The zero-order valence-corrected chi connectivity index (χ0v) is 16.1. The number of fused-ring (bicyclic) bond motifs is 1. The molecule has 3 heterocycles. The van der Waals surface area contributed by atoms with Gasteiger partial charge >= 0.3 is 0 Å². The topological polar surface area (TPSA) is 52.5 Å². The van der Waals surface area contributed by atoms with Crippen LogP contribution in [0.3, 0.4) is 0 Å². The predicted molar refractivity (Wildman–Crippen MR) is 108 cm³/mol. The van der Waals surface area contributed by atoms with E-state index in [0.29, 0.717) is 10.5 Å². The summed E-state index contributed by atoms with van der Waals surface area (Å²) in [5, 5.41) is 12.4. The Balaban J connectivity index is 1.82. The molecule has 140 valence electrons. The van der Waals surface area contributed by atoms with Crippen LogP contribution in [0.2, 0.25) is 5.02 Å². The lowest BCUT2D eigenvalue weighted by molar-refractivity contribution is 0.111. The van der Waals surface area contributed by atoms with Gasteiger partial charge in [0.15, 0.2) is 0 Å². The van der Waals surface area contributed by atoms with Crippen LogP contribution in [0.15, 0.2) is 48.8 Å². The maximum atomic E-state index is 11.0. The molecule has 0 radical (unpaired) electrons. The Morgan fingerprint density at radius 3 is 2.56 bits per heavy atom. The number of piperazine rings is 1. The Bertz CT molecular complexity index is 926. The Kier molecular flexibility index (Phi) is 5.25. The lowest BCUT2D eigenvalue weighted by Crippen LogP contribution is -2.47. The predicted octanol–water partition coefficient (Wildman–Crippen LogP) is 3.72. The molecule has 3 aromatic rings. The second kappa shape index (κ2) is 7.80. The number of phenolic OH excluding ortho intramolecular Hbond substituents is 1. The highest BCUT2D eigenvalue weighted by atomic mass is 35.5. The van der Waals surface area contributed by atoms with Gasteiger partial charge in [-0.2, -0.15) is 0 Å². The highest BCUT2D eigenvalue weighted by molar-refractivity contribution is 6.35. The van der Waals surface area contributed by atoms with E-state index in [9.17, 15) is 5.11 Å². The number of aromatic nitrogens is 2. The van der Waals surface area contributed by atoms with E-state index in [1.54, 1.807) is 12.4 Å². The first-order valence-electron chi connectivity index (χ1n) is 9.32. The summed E-state index contributed by atoms with van der Waals surface area (Å²) in [6.07, 6.45) is 3.47. The summed E-state index contributed by atoms with van der Waals surface area (Å²) in [5.74, 6) is 0.184. The molecule has 27 heavy (non-hydrogen) atoms. The van der Waals surface area contributed by atoms with Gasteiger partial charge in [-0.15, -0.1) is 0 Å². The number of benzene rings is 1. The average molecular weight is 383 g/mol. The summed E-state index contributed by atoms with van der Waals surface area (Å²) < 4.78 is 0. The van der Waals surface area contributed by atoms with E-state index in [1.165, 1.54) is 0 Å². The van der Waals surface area contributed by atoms with Crippen molar-refractivity contribution in [2.45, 2.75) is 13.0 Å². The fraction of sp³-hybridized carbons (Fsp3) is 0.333. The monoisotopic (exact) mass is 382 g/mol. The number of likely N-dealkylation sites (N-methyl/N-ethyl adjacent to an activating group) is 1. The van der Waals surface area contributed by atoms with Gasteiger partial charge in [0.2, 0.25) is 0 Å². The molecule has 1 atom stereocenters. The van der Waals surface area contributed by atoms with E-state index in [1.807, 2.05) is 36.4 Å². The lowest BCUT2D eigenvalue weighted by Gasteiger charge is -2.39. The highest BCUT2D eigenvalue weighted by Crippen LogP contribution is 2.40. The SMILES string of the molecule is CCN1CCN([C@@H](c2ccccn2)c2cc(Cl)c3cccnc3c2O)CC1. The molecule has 0 saturated carbocycles. The number of hydrogen-bond donors (Lipinski definition) is 1. The third-order valence-electron chi connectivity index (χ3n) is 5.33. The zero-order chi connectivity index (χ0) is 18.8. The van der Waals surface area contributed by atoms with Gasteiger partial charge in [0.25, 0.3) is 0 Å². The first kappa shape index (κ1) is 18.2. The molecule has 0 aliphatic carbocycles. The first-order valence-corrected chi connectivity index (χ1v) is 9.70. The van der Waals surface area contributed by atoms with E-state index < -0.39 is 0 Å². The molecule has 2 aromatic heterocycles. The van der Waals surface area contributed by atoms with E-state index in [-0.39, 0.29) is 11.8 Å². The number of nitrogens with zero attached hydrogens (tertiary/aromatic N) is 4. The molecule has 1 N–H and O–H groups in total. The fourth-order valence-corrected chi connectivity index (χ4v) is 4.10. The third-order valence-corrected chi connectivity index (χ3v) is 5.64. The van der Waals surface area contributed by atoms with E-state index in [0.717, 1.165) is 49.4 Å². The molecule has 1 aliphatic heterocycles. The van der Waals surface area contributed by atoms with Gasteiger partial charge in [-0.3, -0.25) is 14.9 Å². The molecular weight excluding hydrogens is 360 g/mol. The molecular formula is C21H23ClN4O. The number of halogens is 1. The van der Waals surface area contributed by atoms with Gasteiger partial charge < -0.3 is 10.0 Å². The second-order valence-electron chi connectivity index (χ2n) is 6.82. The molecule has 5 nitrogen and oxygen atoms in total. The summed E-state index contributed by atoms with van der Waals surface area (Å²) in [6.45, 7) is 7.06. The molecule has 0 spiro atoms. The summed E-state index contributed by atoms with van der Waals surface area (Å²) >= 11 is 6.55.